The van der Waals surface area contributed by atoms with Crippen molar-refractivity contribution in [3.05, 3.63) is 29.8 Å². The Labute approximate surface area is 79.5 Å². The van der Waals surface area contributed by atoms with Crippen LogP contribution in [0.1, 0.15) is 25.8 Å². The second kappa shape index (κ2) is 3.33. The summed E-state index contributed by atoms with van der Waals surface area (Å²) in [6.45, 7) is 4.38. The lowest BCUT2D eigenvalue weighted by molar-refractivity contribution is 0.651. The van der Waals surface area contributed by atoms with Gasteiger partial charge in [0.05, 0.1) is 5.69 Å². The highest BCUT2D eigenvalue weighted by atomic mass is 14.8. The molecule has 0 spiro atoms. The number of rotatable bonds is 1. The van der Waals surface area contributed by atoms with Gasteiger partial charge in [-0.1, -0.05) is 25.1 Å². The topological polar surface area (TPSA) is 12.4 Å². The maximum Gasteiger partial charge on any atom is 0.0661 e. The molecule has 1 aliphatic rings. The van der Waals surface area contributed by atoms with Gasteiger partial charge >= 0.3 is 0 Å². The zero-order chi connectivity index (χ0) is 9.26. The molecule has 0 saturated heterocycles. The third-order valence-electron chi connectivity index (χ3n) is 2.84. The quantitative estimate of drug-likeness (QED) is 0.617. The molecule has 1 atom stereocenters. The standard InChI is InChI=1S/C12H15N/c1-3-10-8-11-6-4-5-7-12(11)13-9(10)2/h4-7,10H,3,8H2,1-2H3. The van der Waals surface area contributed by atoms with Crippen LogP contribution < -0.4 is 0 Å². The van der Waals surface area contributed by atoms with E-state index in [1.165, 1.54) is 29.8 Å². The highest BCUT2D eigenvalue weighted by molar-refractivity contribution is 5.89. The lowest BCUT2D eigenvalue weighted by Gasteiger charge is -2.21. The molecule has 13 heavy (non-hydrogen) atoms. The first-order valence-corrected chi connectivity index (χ1v) is 4.94. The molecular weight excluding hydrogens is 158 g/mol. The third kappa shape index (κ3) is 1.51. The predicted molar refractivity (Wildman–Crippen MR) is 56.7 cm³/mol. The fourth-order valence-electron chi connectivity index (χ4n) is 1.93. The number of aliphatic imine (C=N–C) groups is 1. The molecule has 0 bridgehead atoms. The van der Waals surface area contributed by atoms with Crippen LogP contribution in [0.25, 0.3) is 0 Å². The number of hydrogen-bond donors (Lipinski definition) is 0. The maximum absolute atomic E-state index is 4.61. The number of nitrogens with zero attached hydrogens (tertiary/aromatic N) is 1. The minimum atomic E-state index is 0.662. The van der Waals surface area contributed by atoms with Crippen LogP contribution in [0.4, 0.5) is 5.69 Å². The van der Waals surface area contributed by atoms with Crippen LogP contribution in [0.3, 0.4) is 0 Å². The van der Waals surface area contributed by atoms with Gasteiger partial charge in [-0.05, 0) is 31.4 Å². The molecule has 1 aliphatic heterocycles. The fraction of sp³-hybridized carbons (Fsp3) is 0.417. The Morgan fingerprint density at radius 2 is 2.15 bits per heavy atom. The minimum Gasteiger partial charge on any atom is -0.258 e. The monoisotopic (exact) mass is 173 g/mol. The SMILES string of the molecule is CCC1Cc2ccccc2N=C1C. The molecule has 2 rings (SSSR count). The van der Waals surface area contributed by atoms with Crippen LogP contribution in [-0.4, -0.2) is 5.71 Å². The predicted octanol–water partition coefficient (Wildman–Crippen LogP) is 3.36. The molecular formula is C12H15N. The van der Waals surface area contributed by atoms with Gasteiger partial charge in [-0.2, -0.15) is 0 Å². The van der Waals surface area contributed by atoms with E-state index in [1.807, 2.05) is 0 Å². The molecule has 1 unspecified atom stereocenters. The number of hydrogen-bond acceptors (Lipinski definition) is 1. The van der Waals surface area contributed by atoms with Crippen molar-refractivity contribution in [2.45, 2.75) is 26.7 Å². The molecule has 1 nitrogen and oxygen atoms in total. The van der Waals surface area contributed by atoms with Crippen molar-refractivity contribution in [1.82, 2.24) is 0 Å². The van der Waals surface area contributed by atoms with Crippen molar-refractivity contribution in [2.75, 3.05) is 0 Å². The second-order valence-corrected chi connectivity index (χ2v) is 3.69. The first-order valence-electron chi connectivity index (χ1n) is 4.94. The summed E-state index contributed by atoms with van der Waals surface area (Å²) >= 11 is 0. The summed E-state index contributed by atoms with van der Waals surface area (Å²) in [4.78, 5) is 4.61. The van der Waals surface area contributed by atoms with E-state index in [4.69, 9.17) is 0 Å². The number of para-hydroxylation sites is 1. The van der Waals surface area contributed by atoms with Gasteiger partial charge in [0.15, 0.2) is 0 Å². The summed E-state index contributed by atoms with van der Waals surface area (Å²) in [5.41, 5.74) is 3.87. The molecule has 0 amide bonds. The summed E-state index contributed by atoms with van der Waals surface area (Å²) in [5, 5.41) is 0. The smallest absolute Gasteiger partial charge is 0.0661 e. The van der Waals surface area contributed by atoms with Crippen LogP contribution in [0.2, 0.25) is 0 Å². The van der Waals surface area contributed by atoms with Gasteiger partial charge in [0.2, 0.25) is 0 Å². The van der Waals surface area contributed by atoms with Gasteiger partial charge in [0.1, 0.15) is 0 Å². The Balaban J connectivity index is 2.40. The molecule has 0 N–H and O–H groups in total. The van der Waals surface area contributed by atoms with Gasteiger partial charge in [-0.25, -0.2) is 0 Å². The maximum atomic E-state index is 4.61. The van der Waals surface area contributed by atoms with Gasteiger partial charge in [0, 0.05) is 11.6 Å². The molecule has 0 saturated carbocycles. The molecule has 1 aromatic rings. The average molecular weight is 173 g/mol. The average Bonchev–Trinajstić information content (AvgIpc) is 2.17. The molecule has 0 fully saturated rings. The van der Waals surface area contributed by atoms with E-state index in [2.05, 4.69) is 43.1 Å². The van der Waals surface area contributed by atoms with Gasteiger partial charge in [-0.3, -0.25) is 4.99 Å². The molecule has 0 aromatic heterocycles. The Kier molecular flexibility index (Phi) is 2.17. The van der Waals surface area contributed by atoms with Crippen LogP contribution in [0, 0.1) is 5.92 Å². The van der Waals surface area contributed by atoms with E-state index in [0.717, 1.165) is 0 Å². The fourth-order valence-corrected chi connectivity index (χ4v) is 1.93. The summed E-state index contributed by atoms with van der Waals surface area (Å²) in [6, 6.07) is 8.45. The van der Waals surface area contributed by atoms with Gasteiger partial charge in [-0.15, -0.1) is 0 Å². The van der Waals surface area contributed by atoms with Crippen molar-refractivity contribution in [3.63, 3.8) is 0 Å². The normalized spacial score (nSPS) is 20.8. The van der Waals surface area contributed by atoms with E-state index in [9.17, 15) is 0 Å². The van der Waals surface area contributed by atoms with E-state index < -0.39 is 0 Å². The van der Waals surface area contributed by atoms with Crippen molar-refractivity contribution < 1.29 is 0 Å². The first-order chi connectivity index (χ1) is 6.31. The summed E-state index contributed by atoms with van der Waals surface area (Å²) in [5.74, 6) is 0.662. The van der Waals surface area contributed by atoms with Crippen molar-refractivity contribution in [1.29, 1.82) is 0 Å². The Bertz CT molecular complexity index is 339. The van der Waals surface area contributed by atoms with Crippen molar-refractivity contribution in [2.24, 2.45) is 10.9 Å². The van der Waals surface area contributed by atoms with E-state index >= 15 is 0 Å². The lowest BCUT2D eigenvalue weighted by atomic mass is 9.89. The summed E-state index contributed by atoms with van der Waals surface area (Å²) in [7, 11) is 0. The molecule has 1 heteroatoms. The minimum absolute atomic E-state index is 0.662. The van der Waals surface area contributed by atoms with Crippen molar-refractivity contribution in [3.8, 4) is 0 Å². The molecule has 1 heterocycles. The summed E-state index contributed by atoms with van der Waals surface area (Å²) < 4.78 is 0. The summed E-state index contributed by atoms with van der Waals surface area (Å²) in [6.07, 6.45) is 2.37. The number of fused-ring (bicyclic) bond motifs is 1. The van der Waals surface area contributed by atoms with Gasteiger partial charge in [0.25, 0.3) is 0 Å². The number of benzene rings is 1. The van der Waals surface area contributed by atoms with Crippen LogP contribution >= 0.6 is 0 Å². The first kappa shape index (κ1) is 8.49. The molecule has 0 aliphatic carbocycles. The molecule has 1 aromatic carbocycles. The Morgan fingerprint density at radius 3 is 2.92 bits per heavy atom. The van der Waals surface area contributed by atoms with E-state index in [-0.39, 0.29) is 0 Å². The zero-order valence-corrected chi connectivity index (χ0v) is 8.25. The van der Waals surface area contributed by atoms with E-state index in [1.54, 1.807) is 0 Å². The van der Waals surface area contributed by atoms with Crippen LogP contribution in [0.5, 0.6) is 0 Å². The lowest BCUT2D eigenvalue weighted by Crippen LogP contribution is -2.16. The Morgan fingerprint density at radius 1 is 1.38 bits per heavy atom. The van der Waals surface area contributed by atoms with Crippen molar-refractivity contribution >= 4 is 11.4 Å². The highest BCUT2D eigenvalue weighted by Gasteiger charge is 2.17. The van der Waals surface area contributed by atoms with Crippen LogP contribution in [0.15, 0.2) is 29.3 Å². The van der Waals surface area contributed by atoms with E-state index in [0.29, 0.717) is 5.92 Å². The molecule has 0 radical (unpaired) electrons. The highest BCUT2D eigenvalue weighted by Crippen LogP contribution is 2.29. The zero-order valence-electron chi connectivity index (χ0n) is 8.25. The second-order valence-electron chi connectivity index (χ2n) is 3.69. The van der Waals surface area contributed by atoms with Gasteiger partial charge < -0.3 is 0 Å². The van der Waals surface area contributed by atoms with Crippen LogP contribution in [-0.2, 0) is 6.42 Å². The Hall–Kier alpha value is -1.11. The third-order valence-corrected chi connectivity index (χ3v) is 2.84. The largest absolute Gasteiger partial charge is 0.258 e. The molecule has 68 valence electrons.